The average molecular weight is 418 g/mol. The number of ether oxygens (including phenoxy) is 2. The Kier molecular flexibility index (Phi) is 6.90. The van der Waals surface area contributed by atoms with E-state index in [1.807, 2.05) is 55.5 Å². The fourth-order valence-electron chi connectivity index (χ4n) is 2.68. The van der Waals surface area contributed by atoms with Crippen molar-refractivity contribution in [1.82, 2.24) is 0 Å². The number of hydrogen-bond acceptors (Lipinski definition) is 4. The minimum atomic E-state index is 0.229. The van der Waals surface area contributed by atoms with Gasteiger partial charge in [-0.3, -0.25) is 0 Å². The summed E-state index contributed by atoms with van der Waals surface area (Å²) in [5.41, 5.74) is 2.72. The largest absolute Gasteiger partial charge is 0.508 e. The summed E-state index contributed by atoms with van der Waals surface area (Å²) in [5, 5.41) is 13.8. The van der Waals surface area contributed by atoms with E-state index in [1.165, 1.54) is 0 Å². The van der Waals surface area contributed by atoms with Crippen LogP contribution in [0.5, 0.6) is 17.2 Å². The Labute approximate surface area is 174 Å². The molecule has 0 saturated carbocycles. The number of halogens is 2. The second-order valence-electron chi connectivity index (χ2n) is 6.12. The minimum absolute atomic E-state index is 0.229. The summed E-state index contributed by atoms with van der Waals surface area (Å²) in [6.07, 6.45) is 0. The number of nitrogens with one attached hydrogen (secondary N) is 1. The molecule has 28 heavy (non-hydrogen) atoms. The normalized spacial score (nSPS) is 10.5. The fraction of sp³-hybridized carbons (Fsp3) is 0.182. The molecule has 0 amide bonds. The lowest BCUT2D eigenvalue weighted by Gasteiger charge is -2.16. The first kappa shape index (κ1) is 20.2. The summed E-state index contributed by atoms with van der Waals surface area (Å²) in [7, 11) is 0. The van der Waals surface area contributed by atoms with Crippen molar-refractivity contribution in [2.45, 2.75) is 20.1 Å². The van der Waals surface area contributed by atoms with Crippen LogP contribution in [0.25, 0.3) is 0 Å². The van der Waals surface area contributed by atoms with Crippen molar-refractivity contribution in [2.75, 3.05) is 11.9 Å². The maximum Gasteiger partial charge on any atom is 0.180 e. The van der Waals surface area contributed by atoms with E-state index in [0.717, 1.165) is 16.8 Å². The van der Waals surface area contributed by atoms with Crippen LogP contribution in [0, 0.1) is 0 Å². The number of rotatable bonds is 8. The summed E-state index contributed by atoms with van der Waals surface area (Å²) in [6.45, 7) is 3.25. The number of phenolic OH excluding ortho intramolecular Hbond substituents is 1. The minimum Gasteiger partial charge on any atom is -0.508 e. The molecule has 0 saturated heterocycles. The topological polar surface area (TPSA) is 50.7 Å². The van der Waals surface area contributed by atoms with Crippen molar-refractivity contribution in [3.8, 4) is 17.2 Å². The van der Waals surface area contributed by atoms with Crippen molar-refractivity contribution >= 4 is 28.9 Å². The number of hydrogen-bond donors (Lipinski definition) is 2. The first-order valence-electron chi connectivity index (χ1n) is 8.91. The van der Waals surface area contributed by atoms with E-state index in [2.05, 4.69) is 5.32 Å². The predicted octanol–water partition coefficient (Wildman–Crippen LogP) is 6.29. The summed E-state index contributed by atoms with van der Waals surface area (Å²) in [6, 6.07) is 18.1. The van der Waals surface area contributed by atoms with Gasteiger partial charge in [0.2, 0.25) is 0 Å². The summed E-state index contributed by atoms with van der Waals surface area (Å²) >= 11 is 12.7. The summed E-state index contributed by atoms with van der Waals surface area (Å²) in [5.74, 6) is 1.31. The molecule has 0 heterocycles. The number of phenols is 1. The fourth-order valence-corrected chi connectivity index (χ4v) is 3.15. The van der Waals surface area contributed by atoms with Crippen LogP contribution in [-0.2, 0) is 13.2 Å². The highest BCUT2D eigenvalue weighted by Crippen LogP contribution is 2.37. The van der Waals surface area contributed by atoms with E-state index in [0.29, 0.717) is 41.3 Å². The average Bonchev–Trinajstić information content (AvgIpc) is 2.68. The molecule has 0 spiro atoms. The van der Waals surface area contributed by atoms with Gasteiger partial charge in [-0.25, -0.2) is 0 Å². The van der Waals surface area contributed by atoms with Crippen LogP contribution >= 0.6 is 23.2 Å². The van der Waals surface area contributed by atoms with E-state index in [1.54, 1.807) is 12.1 Å². The monoisotopic (exact) mass is 417 g/mol. The van der Waals surface area contributed by atoms with E-state index in [4.69, 9.17) is 32.7 Å². The third kappa shape index (κ3) is 5.24. The van der Waals surface area contributed by atoms with Gasteiger partial charge >= 0.3 is 0 Å². The third-order valence-electron chi connectivity index (χ3n) is 4.06. The molecule has 2 N–H and O–H groups in total. The lowest BCUT2D eigenvalue weighted by Crippen LogP contribution is -2.04. The Morgan fingerprint density at radius 2 is 1.68 bits per heavy atom. The zero-order valence-electron chi connectivity index (χ0n) is 15.4. The standard InChI is InChI=1S/C22H21Cl2NO3/c1-2-27-21-12-15(13-25-17-7-9-18(26)10-8-17)11-20(24)22(21)28-14-16-5-3-4-6-19(16)23/h3-12,25-26H,2,13-14H2,1H3. The van der Waals surface area contributed by atoms with Crippen molar-refractivity contribution in [3.05, 3.63) is 81.8 Å². The predicted molar refractivity (Wildman–Crippen MR) is 114 cm³/mol. The second kappa shape index (κ2) is 9.58. The Hall–Kier alpha value is -2.56. The van der Waals surface area contributed by atoms with Gasteiger partial charge in [-0.2, -0.15) is 0 Å². The molecule has 6 heteroatoms. The highest BCUT2D eigenvalue weighted by atomic mass is 35.5. The molecule has 4 nitrogen and oxygen atoms in total. The molecule has 0 unspecified atom stereocenters. The van der Waals surface area contributed by atoms with Crippen LogP contribution in [0.2, 0.25) is 10.0 Å². The van der Waals surface area contributed by atoms with E-state index in [-0.39, 0.29) is 5.75 Å². The summed E-state index contributed by atoms with van der Waals surface area (Å²) in [4.78, 5) is 0. The molecular weight excluding hydrogens is 397 g/mol. The zero-order chi connectivity index (χ0) is 19.9. The second-order valence-corrected chi connectivity index (χ2v) is 6.93. The van der Waals surface area contributed by atoms with Gasteiger partial charge in [0.05, 0.1) is 11.6 Å². The van der Waals surface area contributed by atoms with Gasteiger partial charge in [-0.15, -0.1) is 0 Å². The maximum absolute atomic E-state index is 9.37. The smallest absolute Gasteiger partial charge is 0.180 e. The molecular formula is C22H21Cl2NO3. The molecule has 0 fully saturated rings. The molecule has 3 rings (SSSR count). The third-order valence-corrected chi connectivity index (χ3v) is 4.71. The van der Waals surface area contributed by atoms with Gasteiger partial charge in [0, 0.05) is 22.8 Å². The van der Waals surface area contributed by atoms with E-state index >= 15 is 0 Å². The molecule has 0 bridgehead atoms. The summed E-state index contributed by atoms with van der Waals surface area (Å²) < 4.78 is 11.7. The lowest BCUT2D eigenvalue weighted by atomic mass is 10.2. The van der Waals surface area contributed by atoms with Crippen LogP contribution in [0.1, 0.15) is 18.1 Å². The van der Waals surface area contributed by atoms with Crippen molar-refractivity contribution in [2.24, 2.45) is 0 Å². The van der Waals surface area contributed by atoms with E-state index < -0.39 is 0 Å². The molecule has 146 valence electrons. The highest BCUT2D eigenvalue weighted by Gasteiger charge is 2.14. The van der Waals surface area contributed by atoms with Gasteiger partial charge < -0.3 is 19.9 Å². The Morgan fingerprint density at radius 3 is 2.39 bits per heavy atom. The molecule has 0 aliphatic heterocycles. The molecule has 0 aliphatic rings. The first-order valence-corrected chi connectivity index (χ1v) is 9.66. The molecule has 0 radical (unpaired) electrons. The molecule has 3 aromatic carbocycles. The van der Waals surface area contributed by atoms with Gasteiger partial charge in [0.1, 0.15) is 12.4 Å². The van der Waals surface area contributed by atoms with Gasteiger partial charge in [-0.05, 0) is 55.0 Å². The van der Waals surface area contributed by atoms with E-state index in [9.17, 15) is 5.11 Å². The van der Waals surface area contributed by atoms with Crippen molar-refractivity contribution in [3.63, 3.8) is 0 Å². The quantitative estimate of drug-likeness (QED) is 0.422. The molecule has 0 atom stereocenters. The number of aromatic hydroxyl groups is 1. The number of benzene rings is 3. The Bertz CT molecular complexity index is 930. The molecule has 0 aliphatic carbocycles. The zero-order valence-corrected chi connectivity index (χ0v) is 16.9. The van der Waals surface area contributed by atoms with Crippen LogP contribution in [0.4, 0.5) is 5.69 Å². The van der Waals surface area contributed by atoms with Gasteiger partial charge in [0.25, 0.3) is 0 Å². The van der Waals surface area contributed by atoms with Gasteiger partial charge in [-0.1, -0.05) is 41.4 Å². The van der Waals surface area contributed by atoms with Crippen LogP contribution < -0.4 is 14.8 Å². The van der Waals surface area contributed by atoms with Gasteiger partial charge in [0.15, 0.2) is 11.5 Å². The van der Waals surface area contributed by atoms with Crippen LogP contribution in [0.15, 0.2) is 60.7 Å². The highest BCUT2D eigenvalue weighted by molar-refractivity contribution is 6.32. The SMILES string of the molecule is CCOc1cc(CNc2ccc(O)cc2)cc(Cl)c1OCc1ccccc1Cl. The maximum atomic E-state index is 9.37. The van der Waals surface area contributed by atoms with Crippen LogP contribution in [0.3, 0.4) is 0 Å². The molecule has 0 aromatic heterocycles. The lowest BCUT2D eigenvalue weighted by molar-refractivity contribution is 0.269. The molecule has 3 aromatic rings. The first-order chi connectivity index (χ1) is 13.6. The number of anilines is 1. The van der Waals surface area contributed by atoms with Crippen LogP contribution in [-0.4, -0.2) is 11.7 Å². The van der Waals surface area contributed by atoms with Crippen molar-refractivity contribution in [1.29, 1.82) is 0 Å². The van der Waals surface area contributed by atoms with Crippen molar-refractivity contribution < 1.29 is 14.6 Å². The Morgan fingerprint density at radius 1 is 0.929 bits per heavy atom. The Balaban J connectivity index is 1.75.